The molecule has 0 bridgehead atoms. The van der Waals surface area contributed by atoms with Crippen LogP contribution in [0.4, 0.5) is 5.69 Å². The first-order chi connectivity index (χ1) is 14.9. The van der Waals surface area contributed by atoms with Crippen LogP contribution in [0.15, 0.2) is 48.5 Å². The Balaban J connectivity index is 1.50. The number of rotatable bonds is 8. The van der Waals surface area contributed by atoms with Crippen molar-refractivity contribution in [3.8, 4) is 5.75 Å². The van der Waals surface area contributed by atoms with Crippen LogP contribution in [-0.4, -0.2) is 48.9 Å². The SMILES string of the molecule is CCOc1ccc(CN(C)C(=O)COC(=O)c2ccc(N3C(=O)CCC3=O)cc2)cc1. The average molecular weight is 424 g/mol. The molecule has 0 N–H and O–H groups in total. The van der Waals surface area contributed by atoms with Crippen LogP contribution in [0, 0.1) is 0 Å². The van der Waals surface area contributed by atoms with Crippen LogP contribution in [-0.2, 0) is 25.7 Å². The molecule has 2 aromatic rings. The molecule has 1 aliphatic rings. The second kappa shape index (κ2) is 9.88. The first kappa shape index (κ1) is 22.0. The lowest BCUT2D eigenvalue weighted by molar-refractivity contribution is -0.133. The molecule has 1 saturated heterocycles. The summed E-state index contributed by atoms with van der Waals surface area (Å²) in [6.07, 6.45) is 0.379. The Morgan fingerprint density at radius 3 is 2.16 bits per heavy atom. The van der Waals surface area contributed by atoms with Crippen molar-refractivity contribution in [2.75, 3.05) is 25.2 Å². The zero-order valence-electron chi connectivity index (χ0n) is 17.5. The van der Waals surface area contributed by atoms with Gasteiger partial charge in [0.2, 0.25) is 11.8 Å². The van der Waals surface area contributed by atoms with Crippen LogP contribution < -0.4 is 9.64 Å². The maximum absolute atomic E-state index is 12.3. The minimum atomic E-state index is -0.659. The van der Waals surface area contributed by atoms with Crippen molar-refractivity contribution in [1.82, 2.24) is 4.90 Å². The van der Waals surface area contributed by atoms with Gasteiger partial charge in [0.15, 0.2) is 6.61 Å². The van der Waals surface area contributed by atoms with Gasteiger partial charge in [-0.2, -0.15) is 0 Å². The van der Waals surface area contributed by atoms with E-state index in [4.69, 9.17) is 9.47 Å². The number of ether oxygens (including phenoxy) is 2. The lowest BCUT2D eigenvalue weighted by Gasteiger charge is -2.17. The lowest BCUT2D eigenvalue weighted by atomic mass is 10.2. The molecule has 0 aliphatic carbocycles. The van der Waals surface area contributed by atoms with Crippen LogP contribution >= 0.6 is 0 Å². The van der Waals surface area contributed by atoms with Crippen molar-refractivity contribution in [1.29, 1.82) is 0 Å². The first-order valence-corrected chi connectivity index (χ1v) is 9.97. The molecule has 2 aromatic carbocycles. The molecule has 1 aliphatic heterocycles. The van der Waals surface area contributed by atoms with Gasteiger partial charge in [-0.15, -0.1) is 0 Å². The number of amides is 3. The van der Waals surface area contributed by atoms with Crippen LogP contribution in [0.1, 0.15) is 35.7 Å². The van der Waals surface area contributed by atoms with Crippen molar-refractivity contribution in [2.45, 2.75) is 26.3 Å². The Hall–Kier alpha value is -3.68. The van der Waals surface area contributed by atoms with Crippen molar-refractivity contribution in [3.05, 3.63) is 59.7 Å². The Morgan fingerprint density at radius 1 is 0.968 bits per heavy atom. The predicted octanol–water partition coefficient (Wildman–Crippen LogP) is 2.55. The number of imide groups is 1. The van der Waals surface area contributed by atoms with Gasteiger partial charge in [-0.1, -0.05) is 12.1 Å². The lowest BCUT2D eigenvalue weighted by Crippen LogP contribution is -2.31. The van der Waals surface area contributed by atoms with Gasteiger partial charge in [-0.05, 0) is 48.9 Å². The molecule has 0 spiro atoms. The smallest absolute Gasteiger partial charge is 0.338 e. The summed E-state index contributed by atoms with van der Waals surface area (Å²) in [5.41, 5.74) is 1.56. The van der Waals surface area contributed by atoms with Gasteiger partial charge in [-0.3, -0.25) is 19.3 Å². The van der Waals surface area contributed by atoms with E-state index >= 15 is 0 Å². The normalized spacial score (nSPS) is 13.3. The molecule has 8 nitrogen and oxygen atoms in total. The number of hydrogen-bond acceptors (Lipinski definition) is 6. The maximum atomic E-state index is 12.3. The van der Waals surface area contributed by atoms with E-state index in [2.05, 4.69) is 0 Å². The van der Waals surface area contributed by atoms with Crippen molar-refractivity contribution in [2.24, 2.45) is 0 Å². The highest BCUT2D eigenvalue weighted by atomic mass is 16.5. The largest absolute Gasteiger partial charge is 0.494 e. The minimum Gasteiger partial charge on any atom is -0.494 e. The van der Waals surface area contributed by atoms with Gasteiger partial charge in [0.1, 0.15) is 5.75 Å². The molecule has 1 heterocycles. The Kier molecular flexibility index (Phi) is 7.02. The van der Waals surface area contributed by atoms with Crippen LogP contribution in [0.25, 0.3) is 0 Å². The monoisotopic (exact) mass is 424 g/mol. The van der Waals surface area contributed by atoms with Crippen LogP contribution in [0.5, 0.6) is 5.75 Å². The highest BCUT2D eigenvalue weighted by Gasteiger charge is 2.30. The van der Waals surface area contributed by atoms with Gasteiger partial charge < -0.3 is 14.4 Å². The van der Waals surface area contributed by atoms with Gasteiger partial charge in [0.05, 0.1) is 17.9 Å². The van der Waals surface area contributed by atoms with Crippen LogP contribution in [0.3, 0.4) is 0 Å². The molecule has 0 radical (unpaired) electrons. The standard InChI is InChI=1S/C23H24N2O6/c1-3-30-19-10-4-16(5-11-19)14-24(2)22(28)15-31-23(29)17-6-8-18(9-7-17)25-20(26)12-13-21(25)27/h4-11H,3,12-15H2,1-2H3. The second-order valence-electron chi connectivity index (χ2n) is 7.07. The molecule has 31 heavy (non-hydrogen) atoms. The third kappa shape index (κ3) is 5.48. The summed E-state index contributed by atoms with van der Waals surface area (Å²) in [5.74, 6) is -0.762. The fourth-order valence-electron chi connectivity index (χ4n) is 3.15. The second-order valence-corrected chi connectivity index (χ2v) is 7.07. The molecular weight excluding hydrogens is 400 g/mol. The highest BCUT2D eigenvalue weighted by Crippen LogP contribution is 2.23. The Bertz CT molecular complexity index is 953. The quantitative estimate of drug-likeness (QED) is 0.478. The van der Waals surface area contributed by atoms with E-state index in [1.807, 2.05) is 31.2 Å². The molecule has 0 aromatic heterocycles. The number of hydrogen-bond donors (Lipinski definition) is 0. The summed E-state index contributed by atoms with van der Waals surface area (Å²) in [6.45, 7) is 2.47. The molecular formula is C23H24N2O6. The zero-order chi connectivity index (χ0) is 22.4. The number of likely N-dealkylation sites (N-methyl/N-ethyl adjacent to an activating group) is 1. The van der Waals surface area contributed by atoms with Crippen molar-refractivity contribution in [3.63, 3.8) is 0 Å². The third-order valence-electron chi connectivity index (χ3n) is 4.82. The van der Waals surface area contributed by atoms with E-state index in [0.29, 0.717) is 18.8 Å². The van der Waals surface area contributed by atoms with Crippen molar-refractivity contribution < 1.29 is 28.7 Å². The molecule has 162 valence electrons. The molecule has 8 heteroatoms. The van der Waals surface area contributed by atoms with Gasteiger partial charge >= 0.3 is 5.97 Å². The van der Waals surface area contributed by atoms with Crippen LogP contribution in [0.2, 0.25) is 0 Å². The third-order valence-corrected chi connectivity index (χ3v) is 4.82. The fourth-order valence-corrected chi connectivity index (χ4v) is 3.15. The van der Waals surface area contributed by atoms with E-state index in [0.717, 1.165) is 16.2 Å². The van der Waals surface area contributed by atoms with Crippen molar-refractivity contribution >= 4 is 29.4 Å². The average Bonchev–Trinajstić information content (AvgIpc) is 3.11. The number of carbonyl (C=O) groups excluding carboxylic acids is 4. The summed E-state index contributed by atoms with van der Waals surface area (Å²) in [6, 6.07) is 13.4. The minimum absolute atomic E-state index is 0.189. The van der Waals surface area contributed by atoms with E-state index in [9.17, 15) is 19.2 Å². The number of benzene rings is 2. The summed E-state index contributed by atoms with van der Waals surface area (Å²) in [7, 11) is 1.63. The van der Waals surface area contributed by atoms with Gasteiger partial charge in [0.25, 0.3) is 5.91 Å². The molecule has 0 unspecified atom stereocenters. The number of carbonyl (C=O) groups is 4. The summed E-state index contributed by atoms with van der Waals surface area (Å²) in [4.78, 5) is 50.7. The van der Waals surface area contributed by atoms with E-state index < -0.39 is 12.6 Å². The Morgan fingerprint density at radius 2 is 1.58 bits per heavy atom. The number of nitrogens with zero attached hydrogens (tertiary/aromatic N) is 2. The molecule has 0 atom stereocenters. The molecule has 0 saturated carbocycles. The Labute approximate surface area is 180 Å². The number of esters is 1. The number of anilines is 1. The molecule has 3 amide bonds. The fraction of sp³-hybridized carbons (Fsp3) is 0.304. The zero-order valence-corrected chi connectivity index (χ0v) is 17.5. The van der Waals surface area contributed by atoms with E-state index in [1.165, 1.54) is 29.2 Å². The highest BCUT2D eigenvalue weighted by molar-refractivity contribution is 6.19. The summed E-state index contributed by atoms with van der Waals surface area (Å²) < 4.78 is 10.5. The molecule has 1 fully saturated rings. The summed E-state index contributed by atoms with van der Waals surface area (Å²) >= 11 is 0. The van der Waals surface area contributed by atoms with Gasteiger partial charge in [-0.25, -0.2) is 4.79 Å². The topological polar surface area (TPSA) is 93.2 Å². The first-order valence-electron chi connectivity index (χ1n) is 9.97. The van der Waals surface area contributed by atoms with E-state index in [-0.39, 0.29) is 36.1 Å². The predicted molar refractivity (Wildman–Crippen MR) is 113 cm³/mol. The molecule has 3 rings (SSSR count). The summed E-state index contributed by atoms with van der Waals surface area (Å²) in [5, 5.41) is 0. The maximum Gasteiger partial charge on any atom is 0.338 e. The van der Waals surface area contributed by atoms with Gasteiger partial charge in [0, 0.05) is 26.4 Å². The van der Waals surface area contributed by atoms with E-state index in [1.54, 1.807) is 7.05 Å².